The standard InChI is InChI=1S/C13H13Br2NO2/c14-9-3-1-8(2-4-9)11(7-16)12(17)10-5-6-18-13(10)15/h1-6,11-12,17H,7,16H2. The highest BCUT2D eigenvalue weighted by molar-refractivity contribution is 9.10. The first-order chi connectivity index (χ1) is 8.63. The van der Waals surface area contributed by atoms with E-state index < -0.39 is 6.10 Å². The summed E-state index contributed by atoms with van der Waals surface area (Å²) in [6.45, 7) is 0.362. The highest BCUT2D eigenvalue weighted by atomic mass is 79.9. The van der Waals surface area contributed by atoms with Crippen molar-refractivity contribution in [2.75, 3.05) is 6.54 Å². The zero-order valence-corrected chi connectivity index (χ0v) is 12.7. The predicted molar refractivity (Wildman–Crippen MR) is 77.3 cm³/mol. The van der Waals surface area contributed by atoms with Gasteiger partial charge in [0.25, 0.3) is 0 Å². The molecule has 96 valence electrons. The number of aliphatic hydroxyl groups excluding tert-OH is 1. The summed E-state index contributed by atoms with van der Waals surface area (Å²) in [5.41, 5.74) is 7.50. The molecule has 0 aliphatic rings. The van der Waals surface area contributed by atoms with Crippen molar-refractivity contribution in [2.24, 2.45) is 5.73 Å². The van der Waals surface area contributed by atoms with Crippen molar-refractivity contribution in [3.63, 3.8) is 0 Å². The third-order valence-electron chi connectivity index (χ3n) is 2.90. The molecule has 0 fully saturated rings. The van der Waals surface area contributed by atoms with Gasteiger partial charge in [0.2, 0.25) is 0 Å². The Morgan fingerprint density at radius 3 is 2.33 bits per heavy atom. The van der Waals surface area contributed by atoms with Crippen molar-refractivity contribution in [1.82, 2.24) is 0 Å². The average molecular weight is 375 g/mol. The van der Waals surface area contributed by atoms with Crippen molar-refractivity contribution < 1.29 is 9.52 Å². The fourth-order valence-electron chi connectivity index (χ4n) is 1.89. The second-order valence-electron chi connectivity index (χ2n) is 3.99. The van der Waals surface area contributed by atoms with Crippen LogP contribution in [0.5, 0.6) is 0 Å². The van der Waals surface area contributed by atoms with E-state index in [1.54, 1.807) is 6.07 Å². The largest absolute Gasteiger partial charge is 0.457 e. The van der Waals surface area contributed by atoms with E-state index in [1.165, 1.54) is 6.26 Å². The zero-order chi connectivity index (χ0) is 13.1. The molecule has 0 amide bonds. The second kappa shape index (κ2) is 6.02. The van der Waals surface area contributed by atoms with Crippen molar-refractivity contribution in [3.05, 3.63) is 56.9 Å². The molecule has 2 aromatic rings. The van der Waals surface area contributed by atoms with Gasteiger partial charge in [0.15, 0.2) is 4.67 Å². The summed E-state index contributed by atoms with van der Waals surface area (Å²) < 4.78 is 6.69. The highest BCUT2D eigenvalue weighted by Crippen LogP contribution is 2.35. The number of rotatable bonds is 4. The molecule has 3 nitrogen and oxygen atoms in total. The van der Waals surface area contributed by atoms with E-state index in [9.17, 15) is 5.11 Å². The molecular weight excluding hydrogens is 362 g/mol. The van der Waals surface area contributed by atoms with E-state index in [-0.39, 0.29) is 5.92 Å². The molecule has 0 bridgehead atoms. The van der Waals surface area contributed by atoms with E-state index in [4.69, 9.17) is 10.2 Å². The molecule has 3 N–H and O–H groups in total. The lowest BCUT2D eigenvalue weighted by Crippen LogP contribution is -2.20. The molecule has 2 unspecified atom stereocenters. The lowest BCUT2D eigenvalue weighted by atomic mass is 9.90. The molecule has 0 saturated carbocycles. The van der Waals surface area contributed by atoms with Gasteiger partial charge < -0.3 is 15.3 Å². The van der Waals surface area contributed by atoms with E-state index in [2.05, 4.69) is 31.9 Å². The zero-order valence-electron chi connectivity index (χ0n) is 9.51. The van der Waals surface area contributed by atoms with Gasteiger partial charge in [-0.15, -0.1) is 0 Å². The first kappa shape index (κ1) is 13.8. The molecule has 2 rings (SSSR count). The molecule has 0 aliphatic carbocycles. The maximum Gasteiger partial charge on any atom is 0.174 e. The van der Waals surface area contributed by atoms with Gasteiger partial charge in [0.05, 0.1) is 12.4 Å². The molecule has 2 atom stereocenters. The number of halogens is 2. The molecule has 0 spiro atoms. The number of furan rings is 1. The first-order valence-corrected chi connectivity index (χ1v) is 7.08. The Bertz CT molecular complexity index is 510. The van der Waals surface area contributed by atoms with E-state index in [1.807, 2.05) is 24.3 Å². The fourth-order valence-corrected chi connectivity index (χ4v) is 2.63. The molecular formula is C13H13Br2NO2. The van der Waals surface area contributed by atoms with Gasteiger partial charge in [0, 0.05) is 22.5 Å². The van der Waals surface area contributed by atoms with Gasteiger partial charge in [-0.25, -0.2) is 0 Å². The third-order valence-corrected chi connectivity index (χ3v) is 4.07. The second-order valence-corrected chi connectivity index (χ2v) is 5.62. The van der Waals surface area contributed by atoms with E-state index >= 15 is 0 Å². The molecule has 0 radical (unpaired) electrons. The summed E-state index contributed by atoms with van der Waals surface area (Å²) in [4.78, 5) is 0. The van der Waals surface area contributed by atoms with Crippen molar-refractivity contribution in [1.29, 1.82) is 0 Å². The number of hydrogen-bond donors (Lipinski definition) is 2. The average Bonchev–Trinajstić information content (AvgIpc) is 2.78. The summed E-state index contributed by atoms with van der Waals surface area (Å²) in [6.07, 6.45) is 0.849. The van der Waals surface area contributed by atoms with Crippen LogP contribution in [0.15, 0.2) is 50.2 Å². The Labute approximate surface area is 122 Å². The van der Waals surface area contributed by atoms with Crippen molar-refractivity contribution in [3.8, 4) is 0 Å². The number of nitrogens with two attached hydrogens (primary N) is 1. The highest BCUT2D eigenvalue weighted by Gasteiger charge is 2.24. The van der Waals surface area contributed by atoms with Gasteiger partial charge in [-0.1, -0.05) is 28.1 Å². The van der Waals surface area contributed by atoms with Crippen LogP contribution in [0.4, 0.5) is 0 Å². The molecule has 1 aromatic heterocycles. The third kappa shape index (κ3) is 2.85. The maximum absolute atomic E-state index is 10.4. The van der Waals surface area contributed by atoms with Crippen molar-refractivity contribution in [2.45, 2.75) is 12.0 Å². The van der Waals surface area contributed by atoms with Gasteiger partial charge >= 0.3 is 0 Å². The van der Waals surface area contributed by atoms with Crippen LogP contribution < -0.4 is 5.73 Å². The Morgan fingerprint density at radius 2 is 1.83 bits per heavy atom. The lowest BCUT2D eigenvalue weighted by molar-refractivity contribution is 0.145. The van der Waals surface area contributed by atoms with E-state index in [0.717, 1.165) is 10.0 Å². The van der Waals surface area contributed by atoms with Crippen molar-refractivity contribution >= 4 is 31.9 Å². The minimum atomic E-state index is -0.690. The molecule has 18 heavy (non-hydrogen) atoms. The summed E-state index contributed by atoms with van der Waals surface area (Å²) in [5.74, 6) is -0.160. The molecule has 0 aliphatic heterocycles. The topological polar surface area (TPSA) is 59.4 Å². The molecule has 0 saturated heterocycles. The van der Waals surface area contributed by atoms with Gasteiger partial charge in [-0.3, -0.25) is 0 Å². The Balaban J connectivity index is 2.28. The molecule has 1 heterocycles. The first-order valence-electron chi connectivity index (χ1n) is 5.50. The predicted octanol–water partition coefficient (Wildman–Crippen LogP) is 3.58. The Kier molecular flexibility index (Phi) is 4.61. The van der Waals surface area contributed by atoms with Crippen LogP contribution in [0.1, 0.15) is 23.1 Å². The monoisotopic (exact) mass is 373 g/mol. The van der Waals surface area contributed by atoms with Gasteiger partial charge in [0.1, 0.15) is 0 Å². The minimum Gasteiger partial charge on any atom is -0.457 e. The number of hydrogen-bond acceptors (Lipinski definition) is 3. The molecule has 5 heteroatoms. The summed E-state index contributed by atoms with van der Waals surface area (Å²) >= 11 is 6.66. The van der Waals surface area contributed by atoms with Crippen LogP contribution in [0.2, 0.25) is 0 Å². The lowest BCUT2D eigenvalue weighted by Gasteiger charge is -2.21. The smallest absolute Gasteiger partial charge is 0.174 e. The molecule has 1 aromatic carbocycles. The summed E-state index contributed by atoms with van der Waals surface area (Å²) in [7, 11) is 0. The normalized spacial score (nSPS) is 14.4. The van der Waals surface area contributed by atoms with Crippen LogP contribution in [-0.2, 0) is 0 Å². The quantitative estimate of drug-likeness (QED) is 0.859. The SMILES string of the molecule is NCC(c1ccc(Br)cc1)C(O)c1ccoc1Br. The minimum absolute atomic E-state index is 0.160. The van der Waals surface area contributed by atoms with Crippen LogP contribution >= 0.6 is 31.9 Å². The Morgan fingerprint density at radius 1 is 1.17 bits per heavy atom. The van der Waals surface area contributed by atoms with Crippen LogP contribution in [0.3, 0.4) is 0 Å². The fraction of sp³-hybridized carbons (Fsp3) is 0.231. The number of aliphatic hydroxyl groups is 1. The maximum atomic E-state index is 10.4. The number of benzene rings is 1. The van der Waals surface area contributed by atoms with Crippen LogP contribution in [-0.4, -0.2) is 11.7 Å². The van der Waals surface area contributed by atoms with E-state index in [0.29, 0.717) is 16.8 Å². The van der Waals surface area contributed by atoms with Crippen LogP contribution in [0, 0.1) is 0 Å². The summed E-state index contributed by atoms with van der Waals surface area (Å²) in [6, 6.07) is 9.54. The van der Waals surface area contributed by atoms with Gasteiger partial charge in [-0.2, -0.15) is 0 Å². The summed E-state index contributed by atoms with van der Waals surface area (Å²) in [5, 5.41) is 10.4. The van der Waals surface area contributed by atoms with Crippen LogP contribution in [0.25, 0.3) is 0 Å². The van der Waals surface area contributed by atoms with Gasteiger partial charge in [-0.05, 0) is 39.7 Å². The Hall–Kier alpha value is -0.620.